The average Bonchev–Trinajstić information content (AvgIpc) is 2.82. The van der Waals surface area contributed by atoms with E-state index in [1.165, 1.54) is 6.07 Å². The van der Waals surface area contributed by atoms with Gasteiger partial charge in [-0.15, -0.1) is 12.4 Å². The van der Waals surface area contributed by atoms with Gasteiger partial charge in [-0.25, -0.2) is 4.39 Å². The predicted molar refractivity (Wildman–Crippen MR) is 89.3 cm³/mol. The van der Waals surface area contributed by atoms with Crippen LogP contribution in [0.3, 0.4) is 0 Å². The maximum Gasteiger partial charge on any atom is 0.223 e. The third-order valence-corrected chi connectivity index (χ3v) is 4.40. The Morgan fingerprint density at radius 2 is 2.05 bits per heavy atom. The van der Waals surface area contributed by atoms with Crippen molar-refractivity contribution in [2.75, 3.05) is 0 Å². The summed E-state index contributed by atoms with van der Waals surface area (Å²) in [6, 6.07) is 6.82. The van der Waals surface area contributed by atoms with Crippen molar-refractivity contribution >= 4 is 18.3 Å². The van der Waals surface area contributed by atoms with Crippen molar-refractivity contribution in [3.8, 4) is 0 Å². The fourth-order valence-corrected chi connectivity index (χ4v) is 3.03. The molecule has 0 bridgehead atoms. The standard InChI is InChI=1S/C17H25FN2O.ClH/c1-12(2)20(11-14-6-3-4-8-15(14)18)17(21)10-13-7-5-9-16(13)19;/h3-4,6,8,12-13,16H,5,7,9-11,19H2,1-2H3;1H/t13-,16+;/m0./s1. The topological polar surface area (TPSA) is 46.3 Å². The highest BCUT2D eigenvalue weighted by Crippen LogP contribution is 2.28. The molecule has 2 atom stereocenters. The Morgan fingerprint density at radius 3 is 2.59 bits per heavy atom. The van der Waals surface area contributed by atoms with Crippen molar-refractivity contribution in [2.45, 2.75) is 58.2 Å². The van der Waals surface area contributed by atoms with Gasteiger partial charge in [0, 0.05) is 30.6 Å². The third kappa shape index (κ3) is 4.68. The lowest BCUT2D eigenvalue weighted by atomic mass is 9.99. The monoisotopic (exact) mass is 328 g/mol. The molecule has 0 spiro atoms. The van der Waals surface area contributed by atoms with Crippen LogP contribution in [-0.4, -0.2) is 22.9 Å². The Balaban J connectivity index is 0.00000242. The van der Waals surface area contributed by atoms with E-state index in [2.05, 4.69) is 0 Å². The molecule has 1 amide bonds. The van der Waals surface area contributed by atoms with Gasteiger partial charge in [-0.1, -0.05) is 24.6 Å². The lowest BCUT2D eigenvalue weighted by Gasteiger charge is -2.29. The molecule has 0 aromatic heterocycles. The molecular formula is C17H26ClFN2O. The molecule has 0 aliphatic heterocycles. The molecular weight excluding hydrogens is 303 g/mol. The first kappa shape index (κ1) is 18.9. The molecule has 22 heavy (non-hydrogen) atoms. The largest absolute Gasteiger partial charge is 0.336 e. The maximum atomic E-state index is 13.8. The fourth-order valence-electron chi connectivity index (χ4n) is 3.03. The second-order valence-corrected chi connectivity index (χ2v) is 6.27. The van der Waals surface area contributed by atoms with Gasteiger partial charge < -0.3 is 10.6 Å². The van der Waals surface area contributed by atoms with Gasteiger partial charge in [0.25, 0.3) is 0 Å². The van der Waals surface area contributed by atoms with Crippen molar-refractivity contribution in [1.82, 2.24) is 4.90 Å². The van der Waals surface area contributed by atoms with Gasteiger partial charge in [-0.05, 0) is 38.7 Å². The molecule has 1 aliphatic carbocycles. The quantitative estimate of drug-likeness (QED) is 0.899. The summed E-state index contributed by atoms with van der Waals surface area (Å²) in [5.74, 6) is 0.100. The highest BCUT2D eigenvalue weighted by Gasteiger charge is 2.29. The van der Waals surface area contributed by atoms with Gasteiger partial charge in [0.05, 0.1) is 0 Å². The zero-order valence-corrected chi connectivity index (χ0v) is 14.1. The molecule has 1 saturated carbocycles. The Bertz CT molecular complexity index is 495. The minimum atomic E-state index is -0.256. The van der Waals surface area contributed by atoms with Gasteiger partial charge in [-0.2, -0.15) is 0 Å². The summed E-state index contributed by atoms with van der Waals surface area (Å²) in [7, 11) is 0. The van der Waals surface area contributed by atoms with E-state index in [-0.39, 0.29) is 42.1 Å². The fraction of sp³-hybridized carbons (Fsp3) is 0.588. The molecule has 1 aliphatic rings. The van der Waals surface area contributed by atoms with E-state index < -0.39 is 0 Å². The number of benzene rings is 1. The molecule has 0 radical (unpaired) electrons. The van der Waals surface area contributed by atoms with Crippen LogP contribution in [0.1, 0.15) is 45.1 Å². The molecule has 5 heteroatoms. The van der Waals surface area contributed by atoms with Gasteiger partial charge in [0.1, 0.15) is 5.82 Å². The number of carbonyl (C=O) groups excluding carboxylic acids is 1. The van der Waals surface area contributed by atoms with E-state index in [9.17, 15) is 9.18 Å². The summed E-state index contributed by atoms with van der Waals surface area (Å²) in [6.45, 7) is 4.26. The first-order valence-corrected chi connectivity index (χ1v) is 7.77. The van der Waals surface area contributed by atoms with Crippen LogP contribution >= 0.6 is 12.4 Å². The Morgan fingerprint density at radius 1 is 1.36 bits per heavy atom. The van der Waals surface area contributed by atoms with Crippen LogP contribution in [0.2, 0.25) is 0 Å². The van der Waals surface area contributed by atoms with Gasteiger partial charge in [0.2, 0.25) is 5.91 Å². The average molecular weight is 329 g/mol. The van der Waals surface area contributed by atoms with Crippen LogP contribution < -0.4 is 5.73 Å². The molecule has 2 rings (SSSR count). The molecule has 1 fully saturated rings. The van der Waals surface area contributed by atoms with Crippen LogP contribution in [0, 0.1) is 11.7 Å². The van der Waals surface area contributed by atoms with E-state index in [1.54, 1.807) is 23.1 Å². The number of carbonyl (C=O) groups is 1. The zero-order chi connectivity index (χ0) is 15.4. The number of hydrogen-bond acceptors (Lipinski definition) is 2. The van der Waals surface area contributed by atoms with Gasteiger partial charge >= 0.3 is 0 Å². The molecule has 0 unspecified atom stereocenters. The summed E-state index contributed by atoms with van der Waals surface area (Å²) in [5, 5.41) is 0. The molecule has 3 nitrogen and oxygen atoms in total. The van der Waals surface area contributed by atoms with Crippen molar-refractivity contribution in [2.24, 2.45) is 11.7 Å². The summed E-state index contributed by atoms with van der Waals surface area (Å²) in [5.41, 5.74) is 6.61. The molecule has 1 aromatic rings. The molecule has 124 valence electrons. The van der Waals surface area contributed by atoms with E-state index in [0.29, 0.717) is 18.5 Å². The third-order valence-electron chi connectivity index (χ3n) is 4.40. The summed E-state index contributed by atoms with van der Waals surface area (Å²) in [6.07, 6.45) is 3.62. The number of rotatable bonds is 5. The Kier molecular flexibility index (Phi) is 7.30. The van der Waals surface area contributed by atoms with Crippen LogP contribution in [0.25, 0.3) is 0 Å². The van der Waals surface area contributed by atoms with Crippen molar-refractivity contribution in [1.29, 1.82) is 0 Å². The van der Waals surface area contributed by atoms with E-state index in [0.717, 1.165) is 19.3 Å². The smallest absolute Gasteiger partial charge is 0.223 e. The summed E-state index contributed by atoms with van der Waals surface area (Å²) >= 11 is 0. The highest BCUT2D eigenvalue weighted by atomic mass is 35.5. The predicted octanol–water partition coefficient (Wildman–Crippen LogP) is 3.50. The minimum Gasteiger partial charge on any atom is -0.336 e. The lowest BCUT2D eigenvalue weighted by Crippen LogP contribution is -2.39. The number of hydrogen-bond donors (Lipinski definition) is 1. The number of amides is 1. The molecule has 2 N–H and O–H groups in total. The van der Waals surface area contributed by atoms with Crippen molar-refractivity contribution < 1.29 is 9.18 Å². The van der Waals surface area contributed by atoms with E-state index in [1.807, 2.05) is 13.8 Å². The summed E-state index contributed by atoms with van der Waals surface area (Å²) in [4.78, 5) is 14.3. The van der Waals surface area contributed by atoms with Crippen LogP contribution in [0.4, 0.5) is 4.39 Å². The van der Waals surface area contributed by atoms with E-state index >= 15 is 0 Å². The second-order valence-electron chi connectivity index (χ2n) is 6.27. The number of nitrogens with two attached hydrogens (primary N) is 1. The minimum absolute atomic E-state index is 0. The molecule has 0 saturated heterocycles. The van der Waals surface area contributed by atoms with Crippen molar-refractivity contribution in [3.63, 3.8) is 0 Å². The van der Waals surface area contributed by atoms with Crippen LogP contribution in [0.5, 0.6) is 0 Å². The summed E-state index contributed by atoms with van der Waals surface area (Å²) < 4.78 is 13.8. The molecule has 1 aromatic carbocycles. The highest BCUT2D eigenvalue weighted by molar-refractivity contribution is 5.85. The maximum absolute atomic E-state index is 13.8. The van der Waals surface area contributed by atoms with Crippen molar-refractivity contribution in [3.05, 3.63) is 35.6 Å². The van der Waals surface area contributed by atoms with Gasteiger partial charge in [0.15, 0.2) is 0 Å². The van der Waals surface area contributed by atoms with Gasteiger partial charge in [-0.3, -0.25) is 4.79 Å². The number of halogens is 2. The zero-order valence-electron chi connectivity index (χ0n) is 13.3. The first-order valence-electron chi connectivity index (χ1n) is 7.77. The van der Waals surface area contributed by atoms with Crippen LogP contribution in [0.15, 0.2) is 24.3 Å². The normalized spacial score (nSPS) is 20.8. The van der Waals surface area contributed by atoms with E-state index in [4.69, 9.17) is 5.73 Å². The first-order chi connectivity index (χ1) is 9.99. The number of nitrogens with zero attached hydrogens (tertiary/aromatic N) is 1. The lowest BCUT2D eigenvalue weighted by molar-refractivity contribution is -0.134. The van der Waals surface area contributed by atoms with Crippen LogP contribution in [-0.2, 0) is 11.3 Å². The molecule has 0 heterocycles. The Hall–Kier alpha value is -1.13. The SMILES string of the molecule is CC(C)N(Cc1ccccc1F)C(=O)C[C@@H]1CCC[C@H]1N.Cl. The Labute approximate surface area is 138 Å². The second kappa shape index (κ2) is 8.49.